The highest BCUT2D eigenvalue weighted by Crippen LogP contribution is 2.35. The lowest BCUT2D eigenvalue weighted by molar-refractivity contribution is -0.138. The minimum atomic E-state index is -4.74. The maximum absolute atomic E-state index is 13.4. The molecule has 0 aliphatic carbocycles. The predicted molar refractivity (Wildman–Crippen MR) is 79.7 cm³/mol. The zero-order valence-electron chi connectivity index (χ0n) is 13.1. The standard InChI is InChI=1S/C15H12F3N5O2/c1-8-5-12(23(2)22-8)25-14(24)10-4-3-9(13-19-7-20-21-13)6-11(10)15(16,17)18/h3-7H,1-2H3,(H,19,20,21). The van der Waals surface area contributed by atoms with Gasteiger partial charge in [-0.3, -0.25) is 5.10 Å². The van der Waals surface area contributed by atoms with Crippen LogP contribution in [0, 0.1) is 6.92 Å². The number of aryl methyl sites for hydroxylation is 2. The largest absolute Gasteiger partial charge is 0.417 e. The number of halogens is 3. The van der Waals surface area contributed by atoms with Crippen molar-refractivity contribution < 1.29 is 22.7 Å². The molecule has 25 heavy (non-hydrogen) atoms. The molecular weight excluding hydrogens is 339 g/mol. The van der Waals surface area contributed by atoms with Crippen LogP contribution in [-0.2, 0) is 13.2 Å². The molecule has 3 aromatic rings. The highest BCUT2D eigenvalue weighted by Gasteiger charge is 2.36. The second-order valence-corrected chi connectivity index (χ2v) is 5.23. The molecular formula is C15H12F3N5O2. The van der Waals surface area contributed by atoms with Crippen molar-refractivity contribution in [2.75, 3.05) is 0 Å². The monoisotopic (exact) mass is 351 g/mol. The fourth-order valence-corrected chi connectivity index (χ4v) is 2.28. The number of hydrogen-bond acceptors (Lipinski definition) is 5. The molecule has 130 valence electrons. The first-order valence-corrected chi connectivity index (χ1v) is 7.05. The van der Waals surface area contributed by atoms with Crippen LogP contribution in [0.15, 0.2) is 30.6 Å². The van der Waals surface area contributed by atoms with Crippen LogP contribution in [0.3, 0.4) is 0 Å². The van der Waals surface area contributed by atoms with E-state index in [0.29, 0.717) is 5.69 Å². The Kier molecular flexibility index (Phi) is 4.03. The second kappa shape index (κ2) is 6.04. The zero-order valence-corrected chi connectivity index (χ0v) is 13.1. The van der Waals surface area contributed by atoms with Crippen LogP contribution in [-0.4, -0.2) is 30.9 Å². The minimum absolute atomic E-state index is 0.0509. The average molecular weight is 351 g/mol. The normalized spacial score (nSPS) is 11.6. The number of esters is 1. The number of H-pyrrole nitrogens is 1. The molecule has 0 radical (unpaired) electrons. The molecule has 0 saturated carbocycles. The Morgan fingerprint density at radius 3 is 2.60 bits per heavy atom. The molecule has 7 nitrogen and oxygen atoms in total. The van der Waals surface area contributed by atoms with Gasteiger partial charge in [-0.2, -0.15) is 23.4 Å². The van der Waals surface area contributed by atoms with Crippen LogP contribution in [0.2, 0.25) is 0 Å². The van der Waals surface area contributed by atoms with Crippen molar-refractivity contribution >= 4 is 5.97 Å². The van der Waals surface area contributed by atoms with Gasteiger partial charge >= 0.3 is 12.1 Å². The van der Waals surface area contributed by atoms with Gasteiger partial charge in [0, 0.05) is 18.7 Å². The van der Waals surface area contributed by atoms with Gasteiger partial charge < -0.3 is 4.74 Å². The summed E-state index contributed by atoms with van der Waals surface area (Å²) in [5.74, 6) is -0.915. The number of hydrogen-bond donors (Lipinski definition) is 1. The first kappa shape index (κ1) is 16.7. The lowest BCUT2D eigenvalue weighted by Crippen LogP contribution is -2.18. The highest BCUT2D eigenvalue weighted by atomic mass is 19.4. The molecule has 3 rings (SSSR count). The Labute approximate surface area is 139 Å². The van der Waals surface area contributed by atoms with Crippen LogP contribution in [0.4, 0.5) is 13.2 Å². The first-order chi connectivity index (χ1) is 11.8. The van der Waals surface area contributed by atoms with Crippen LogP contribution in [0.25, 0.3) is 11.4 Å². The molecule has 1 aromatic carbocycles. The van der Waals surface area contributed by atoms with Crippen LogP contribution in [0.5, 0.6) is 5.88 Å². The molecule has 0 spiro atoms. The molecule has 0 fully saturated rings. The van der Waals surface area contributed by atoms with Crippen molar-refractivity contribution in [3.05, 3.63) is 47.4 Å². The van der Waals surface area contributed by atoms with Crippen LogP contribution in [0.1, 0.15) is 21.6 Å². The topological polar surface area (TPSA) is 85.7 Å². The van der Waals surface area contributed by atoms with E-state index in [1.54, 1.807) is 6.92 Å². The molecule has 10 heteroatoms. The summed E-state index contributed by atoms with van der Waals surface area (Å²) in [5, 5.41) is 10.0. The summed E-state index contributed by atoms with van der Waals surface area (Å²) >= 11 is 0. The van der Waals surface area contributed by atoms with E-state index in [-0.39, 0.29) is 17.3 Å². The molecule has 2 heterocycles. The Hall–Kier alpha value is -3.17. The van der Waals surface area contributed by atoms with Gasteiger partial charge in [0.05, 0.1) is 16.8 Å². The van der Waals surface area contributed by atoms with Crippen LogP contribution < -0.4 is 4.74 Å². The number of aromatic amines is 1. The summed E-state index contributed by atoms with van der Waals surface area (Å²) in [6.07, 6.45) is -3.57. The van der Waals surface area contributed by atoms with E-state index in [2.05, 4.69) is 20.3 Å². The van der Waals surface area contributed by atoms with E-state index >= 15 is 0 Å². The average Bonchev–Trinajstić information content (AvgIpc) is 3.16. The number of nitrogens with zero attached hydrogens (tertiary/aromatic N) is 4. The zero-order chi connectivity index (χ0) is 18.2. The number of ether oxygens (including phenoxy) is 1. The smallest absolute Gasteiger partial charge is 0.404 e. The lowest BCUT2D eigenvalue weighted by atomic mass is 10.0. The van der Waals surface area contributed by atoms with Crippen molar-refractivity contribution in [2.45, 2.75) is 13.1 Å². The van der Waals surface area contributed by atoms with E-state index in [1.165, 1.54) is 30.2 Å². The van der Waals surface area contributed by atoms with Gasteiger partial charge in [0.2, 0.25) is 5.88 Å². The van der Waals surface area contributed by atoms with E-state index in [4.69, 9.17) is 4.74 Å². The number of nitrogens with one attached hydrogen (secondary N) is 1. The van der Waals surface area contributed by atoms with E-state index in [9.17, 15) is 18.0 Å². The summed E-state index contributed by atoms with van der Waals surface area (Å²) in [4.78, 5) is 16.0. The van der Waals surface area contributed by atoms with Gasteiger partial charge in [0.25, 0.3) is 0 Å². The van der Waals surface area contributed by atoms with Crippen LogP contribution >= 0.6 is 0 Å². The molecule has 0 amide bonds. The SMILES string of the molecule is Cc1cc(OC(=O)c2ccc(-c3ncn[nH]3)cc2C(F)(F)F)n(C)n1. The number of benzene rings is 1. The third kappa shape index (κ3) is 3.37. The maximum Gasteiger partial charge on any atom is 0.417 e. The Morgan fingerprint density at radius 1 is 1.28 bits per heavy atom. The van der Waals surface area contributed by atoms with Crippen molar-refractivity contribution in [3.63, 3.8) is 0 Å². The summed E-state index contributed by atoms with van der Waals surface area (Å²) in [5.41, 5.74) is -1.00. The Balaban J connectivity index is 2.00. The number of carbonyl (C=O) groups is 1. The third-order valence-electron chi connectivity index (χ3n) is 3.39. The lowest BCUT2D eigenvalue weighted by Gasteiger charge is -2.13. The molecule has 0 saturated heterocycles. The van der Waals surface area contributed by atoms with Gasteiger partial charge in [-0.05, 0) is 19.1 Å². The number of rotatable bonds is 3. The highest BCUT2D eigenvalue weighted by molar-refractivity contribution is 5.93. The van der Waals surface area contributed by atoms with Gasteiger partial charge in [-0.1, -0.05) is 6.07 Å². The summed E-state index contributed by atoms with van der Waals surface area (Å²) < 4.78 is 46.5. The molecule has 0 aliphatic rings. The van der Waals surface area contributed by atoms with Gasteiger partial charge in [-0.25, -0.2) is 14.5 Å². The summed E-state index contributed by atoms with van der Waals surface area (Å²) in [6.45, 7) is 1.67. The van der Waals surface area contributed by atoms with E-state index in [1.807, 2.05) is 0 Å². The maximum atomic E-state index is 13.4. The fraction of sp³-hybridized carbons (Fsp3) is 0.200. The first-order valence-electron chi connectivity index (χ1n) is 7.05. The summed E-state index contributed by atoms with van der Waals surface area (Å²) in [7, 11) is 1.52. The summed E-state index contributed by atoms with van der Waals surface area (Å²) in [6, 6.07) is 4.66. The van der Waals surface area contributed by atoms with Gasteiger partial charge in [-0.15, -0.1) is 0 Å². The fourth-order valence-electron chi connectivity index (χ4n) is 2.28. The Morgan fingerprint density at radius 2 is 2.04 bits per heavy atom. The van der Waals surface area contributed by atoms with Crippen molar-refractivity contribution in [1.82, 2.24) is 25.0 Å². The van der Waals surface area contributed by atoms with Gasteiger partial charge in [0.1, 0.15) is 6.33 Å². The molecule has 0 atom stereocenters. The third-order valence-corrected chi connectivity index (χ3v) is 3.39. The molecule has 0 aliphatic heterocycles. The predicted octanol–water partition coefficient (Wildman–Crippen LogP) is 2.75. The van der Waals surface area contributed by atoms with E-state index in [0.717, 1.165) is 12.1 Å². The number of alkyl halides is 3. The molecule has 0 unspecified atom stereocenters. The second-order valence-electron chi connectivity index (χ2n) is 5.23. The van der Waals surface area contributed by atoms with Gasteiger partial charge in [0.15, 0.2) is 5.82 Å². The van der Waals surface area contributed by atoms with Crippen molar-refractivity contribution in [2.24, 2.45) is 7.05 Å². The van der Waals surface area contributed by atoms with Crippen molar-refractivity contribution in [3.8, 4) is 17.3 Å². The minimum Gasteiger partial charge on any atom is -0.404 e. The molecule has 2 aromatic heterocycles. The Bertz CT molecular complexity index is 916. The molecule has 0 bridgehead atoms. The number of aromatic nitrogens is 5. The molecule has 1 N–H and O–H groups in total. The van der Waals surface area contributed by atoms with Crippen molar-refractivity contribution in [1.29, 1.82) is 0 Å². The van der Waals surface area contributed by atoms with E-state index < -0.39 is 23.3 Å². The number of carbonyl (C=O) groups excluding carboxylic acids is 1. The quantitative estimate of drug-likeness (QED) is 0.734.